The summed E-state index contributed by atoms with van der Waals surface area (Å²) in [7, 11) is -3.23. The van der Waals surface area contributed by atoms with E-state index in [9.17, 15) is 0 Å². The summed E-state index contributed by atoms with van der Waals surface area (Å²) in [6, 6.07) is 59.9. The van der Waals surface area contributed by atoms with E-state index >= 15 is 4.57 Å². The average molecular weight is 621 g/mol. The summed E-state index contributed by atoms with van der Waals surface area (Å²) >= 11 is 0. The van der Waals surface area contributed by atoms with Crippen molar-refractivity contribution in [3.05, 3.63) is 176 Å². The molecule has 0 saturated heterocycles. The van der Waals surface area contributed by atoms with Crippen LogP contribution in [0.15, 0.2) is 176 Å². The Morgan fingerprint density at radius 2 is 1.00 bits per heavy atom. The molecule has 222 valence electrons. The van der Waals surface area contributed by atoms with Crippen LogP contribution in [0.2, 0.25) is 0 Å². The maximum absolute atomic E-state index is 15.6. The highest BCUT2D eigenvalue weighted by molar-refractivity contribution is 7.85. The number of hydrogen-bond donors (Lipinski definition) is 0. The lowest BCUT2D eigenvalue weighted by molar-refractivity contribution is 0.592. The van der Waals surface area contributed by atoms with Gasteiger partial charge in [-0.2, -0.15) is 0 Å². The van der Waals surface area contributed by atoms with Gasteiger partial charge in [-0.3, -0.25) is 0 Å². The highest BCUT2D eigenvalue weighted by Gasteiger charge is 2.32. The predicted octanol–water partition coefficient (Wildman–Crippen LogP) is 9.79. The molecule has 0 aliphatic heterocycles. The first kappa shape index (κ1) is 27.5. The lowest BCUT2D eigenvalue weighted by Gasteiger charge is -2.23. The van der Waals surface area contributed by atoms with Crippen LogP contribution in [0.4, 0.5) is 0 Å². The zero-order chi connectivity index (χ0) is 31.4. The molecular weight excluding hydrogens is 591 g/mol. The van der Waals surface area contributed by atoms with Crippen molar-refractivity contribution < 1.29 is 4.57 Å². The normalized spacial score (nSPS) is 11.9. The SMILES string of the molecule is O=P(c1ccccc1)(c1ccccc1)c1ccc(-c2nc3ccccc3c3c4ccccc4n(-c4ccccc4)c23)c2ccccc12. The summed E-state index contributed by atoms with van der Waals surface area (Å²) in [5, 5.41) is 7.93. The van der Waals surface area contributed by atoms with E-state index in [1.807, 2.05) is 66.7 Å². The van der Waals surface area contributed by atoms with Crippen LogP contribution in [0.1, 0.15) is 0 Å². The van der Waals surface area contributed by atoms with Crippen molar-refractivity contribution >= 4 is 66.5 Å². The molecule has 0 N–H and O–H groups in total. The number of rotatable bonds is 5. The predicted molar refractivity (Wildman–Crippen MR) is 198 cm³/mol. The van der Waals surface area contributed by atoms with Crippen LogP contribution in [0.25, 0.3) is 60.4 Å². The number of aromatic nitrogens is 2. The molecule has 7 aromatic carbocycles. The van der Waals surface area contributed by atoms with E-state index in [2.05, 4.69) is 114 Å². The molecule has 9 aromatic rings. The zero-order valence-corrected chi connectivity index (χ0v) is 26.4. The number of pyridine rings is 1. The molecule has 3 nitrogen and oxygen atoms in total. The Balaban J connectivity index is 1.42. The van der Waals surface area contributed by atoms with Crippen molar-refractivity contribution in [2.75, 3.05) is 0 Å². The fourth-order valence-corrected chi connectivity index (χ4v) is 10.1. The van der Waals surface area contributed by atoms with Crippen molar-refractivity contribution in [1.29, 1.82) is 0 Å². The third kappa shape index (κ3) is 4.21. The van der Waals surface area contributed by atoms with Crippen LogP contribution in [-0.2, 0) is 4.57 Å². The maximum Gasteiger partial charge on any atom is 0.171 e. The van der Waals surface area contributed by atoms with Crippen molar-refractivity contribution in [1.82, 2.24) is 9.55 Å². The van der Waals surface area contributed by atoms with Crippen molar-refractivity contribution in [2.45, 2.75) is 0 Å². The summed E-state index contributed by atoms with van der Waals surface area (Å²) < 4.78 is 18.0. The second-order valence-electron chi connectivity index (χ2n) is 11.8. The van der Waals surface area contributed by atoms with Crippen LogP contribution in [0.5, 0.6) is 0 Å². The molecule has 0 saturated carbocycles. The monoisotopic (exact) mass is 620 g/mol. The number of fused-ring (bicyclic) bond motifs is 6. The van der Waals surface area contributed by atoms with Crippen molar-refractivity contribution in [2.24, 2.45) is 0 Å². The smallest absolute Gasteiger partial charge is 0.171 e. The molecule has 0 bridgehead atoms. The molecule has 0 aliphatic rings. The second kappa shape index (κ2) is 10.9. The molecule has 0 radical (unpaired) electrons. The van der Waals surface area contributed by atoms with E-state index in [1.54, 1.807) is 0 Å². The molecule has 0 spiro atoms. The van der Waals surface area contributed by atoms with Gasteiger partial charge in [-0.05, 0) is 41.1 Å². The van der Waals surface area contributed by atoms with Crippen LogP contribution < -0.4 is 15.9 Å². The number of benzene rings is 7. The van der Waals surface area contributed by atoms with Crippen LogP contribution in [-0.4, -0.2) is 9.55 Å². The second-order valence-corrected chi connectivity index (χ2v) is 14.6. The van der Waals surface area contributed by atoms with Crippen LogP contribution >= 0.6 is 7.14 Å². The lowest BCUT2D eigenvalue weighted by Crippen LogP contribution is -2.25. The molecule has 0 unspecified atom stereocenters. The topological polar surface area (TPSA) is 34.9 Å². The largest absolute Gasteiger partial charge is 0.309 e. The quantitative estimate of drug-likeness (QED) is 0.180. The summed E-state index contributed by atoms with van der Waals surface area (Å²) in [6.07, 6.45) is 0. The zero-order valence-electron chi connectivity index (χ0n) is 25.5. The summed E-state index contributed by atoms with van der Waals surface area (Å²) in [5.74, 6) is 0. The van der Waals surface area contributed by atoms with Crippen LogP contribution in [0, 0.1) is 0 Å². The Kier molecular flexibility index (Phi) is 6.41. The molecule has 0 atom stereocenters. The molecule has 4 heteroatoms. The van der Waals surface area contributed by atoms with E-state index in [0.717, 1.165) is 65.6 Å². The molecule has 0 amide bonds. The van der Waals surface area contributed by atoms with E-state index in [0.29, 0.717) is 0 Å². The minimum atomic E-state index is -3.23. The molecule has 0 aliphatic carbocycles. The van der Waals surface area contributed by atoms with Gasteiger partial charge in [0, 0.05) is 43.3 Å². The Morgan fingerprint density at radius 3 is 1.68 bits per heavy atom. The molecule has 9 rings (SSSR count). The van der Waals surface area contributed by atoms with Crippen LogP contribution in [0.3, 0.4) is 0 Å². The molecular formula is C43H29N2OP. The highest BCUT2D eigenvalue weighted by Crippen LogP contribution is 2.47. The average Bonchev–Trinajstić information content (AvgIpc) is 3.50. The summed E-state index contributed by atoms with van der Waals surface area (Å²) in [6.45, 7) is 0. The van der Waals surface area contributed by atoms with E-state index in [1.165, 1.54) is 10.8 Å². The third-order valence-electron chi connectivity index (χ3n) is 9.25. The van der Waals surface area contributed by atoms with Crippen molar-refractivity contribution in [3.8, 4) is 16.9 Å². The van der Waals surface area contributed by atoms with Gasteiger partial charge >= 0.3 is 0 Å². The van der Waals surface area contributed by atoms with Gasteiger partial charge in [0.25, 0.3) is 0 Å². The fourth-order valence-electron chi connectivity index (χ4n) is 7.19. The van der Waals surface area contributed by atoms with Gasteiger partial charge in [0.05, 0.1) is 22.2 Å². The van der Waals surface area contributed by atoms with Gasteiger partial charge in [0.1, 0.15) is 0 Å². The van der Waals surface area contributed by atoms with Gasteiger partial charge in [-0.1, -0.05) is 146 Å². The minimum Gasteiger partial charge on any atom is -0.309 e. The summed E-state index contributed by atoms with van der Waals surface area (Å²) in [4.78, 5) is 5.42. The van der Waals surface area contributed by atoms with Gasteiger partial charge < -0.3 is 9.13 Å². The van der Waals surface area contributed by atoms with E-state index in [-0.39, 0.29) is 0 Å². The van der Waals surface area contributed by atoms with Gasteiger partial charge in [0.15, 0.2) is 7.14 Å². The van der Waals surface area contributed by atoms with E-state index in [4.69, 9.17) is 4.98 Å². The lowest BCUT2D eigenvalue weighted by atomic mass is 9.98. The number of hydrogen-bond acceptors (Lipinski definition) is 2. The Labute approximate surface area is 272 Å². The minimum absolute atomic E-state index is 0.819. The Hall–Kier alpha value is -5.76. The maximum atomic E-state index is 15.6. The Bertz CT molecular complexity index is 2600. The number of nitrogens with zero attached hydrogens (tertiary/aromatic N) is 2. The molecule has 47 heavy (non-hydrogen) atoms. The standard InChI is InChI=1S/C43H29N2OP/c46-47(31-18-6-2-7-19-31,32-20-8-3-9-21-32)40-29-28-35(33-22-10-11-23-34(33)40)42-43-41(36-24-12-14-26-38(36)44-42)37-25-13-15-27-39(37)45(43)30-16-4-1-5-17-30/h1-29H. The van der Waals surface area contributed by atoms with Gasteiger partial charge in [-0.25, -0.2) is 4.98 Å². The van der Waals surface area contributed by atoms with Crippen molar-refractivity contribution in [3.63, 3.8) is 0 Å². The summed E-state index contributed by atoms with van der Waals surface area (Å²) in [5.41, 5.74) is 6.12. The van der Waals surface area contributed by atoms with E-state index < -0.39 is 7.14 Å². The number of para-hydroxylation sites is 3. The fraction of sp³-hybridized carbons (Fsp3) is 0. The van der Waals surface area contributed by atoms with Gasteiger partial charge in [0.2, 0.25) is 0 Å². The molecule has 2 aromatic heterocycles. The Morgan fingerprint density at radius 1 is 0.468 bits per heavy atom. The molecule has 0 fully saturated rings. The third-order valence-corrected chi connectivity index (χ3v) is 12.4. The first-order valence-corrected chi connectivity index (χ1v) is 17.6. The first-order valence-electron chi connectivity index (χ1n) is 15.8. The molecule has 2 heterocycles. The van der Waals surface area contributed by atoms with Gasteiger partial charge in [-0.15, -0.1) is 0 Å². The highest BCUT2D eigenvalue weighted by atomic mass is 31.2. The first-order chi connectivity index (χ1) is 23.2.